The molecule has 0 aliphatic rings. The van der Waals surface area contributed by atoms with Gasteiger partial charge in [0.1, 0.15) is 0 Å². The number of hydrogen-bond acceptors (Lipinski definition) is 3. The summed E-state index contributed by atoms with van der Waals surface area (Å²) in [5, 5.41) is 17.8. The van der Waals surface area contributed by atoms with Gasteiger partial charge in [0, 0.05) is 12.1 Å². The van der Waals surface area contributed by atoms with Gasteiger partial charge < -0.3 is 15.9 Å². The Hall–Kier alpha value is -0.910. The molecule has 14 heavy (non-hydrogen) atoms. The van der Waals surface area contributed by atoms with Crippen LogP contribution >= 0.6 is 11.6 Å². The molecule has 3 nitrogen and oxygen atoms in total. The van der Waals surface area contributed by atoms with Crippen LogP contribution in [0, 0.1) is 11.6 Å². The Morgan fingerprint density at radius 2 is 2.00 bits per heavy atom. The van der Waals surface area contributed by atoms with Crippen molar-refractivity contribution in [3.63, 3.8) is 0 Å². The van der Waals surface area contributed by atoms with Crippen LogP contribution in [0.25, 0.3) is 0 Å². The summed E-state index contributed by atoms with van der Waals surface area (Å²) in [6.45, 7) is -0.227. The van der Waals surface area contributed by atoms with Crippen LogP contribution in [-0.4, -0.2) is 16.8 Å². The smallest absolute Gasteiger partial charge is 0.202 e. The zero-order chi connectivity index (χ0) is 10.9. The summed E-state index contributed by atoms with van der Waals surface area (Å²) in [6, 6.07) is 0.937. The van der Waals surface area contributed by atoms with E-state index < -0.39 is 28.5 Å². The Morgan fingerprint density at radius 3 is 2.50 bits per heavy atom. The topological polar surface area (TPSA) is 66.5 Å². The third kappa shape index (κ3) is 1.79. The standard InChI is InChI=1S/C8H8ClF2NO2/c9-4-1-3(5(13)2-12)8(14)7(11)6(4)10/h1,5,13-14H,2,12H2. The molecule has 1 aromatic carbocycles. The first-order valence-corrected chi connectivity index (χ1v) is 4.11. The van der Waals surface area contributed by atoms with Gasteiger partial charge in [0.2, 0.25) is 5.82 Å². The van der Waals surface area contributed by atoms with Crippen molar-refractivity contribution < 1.29 is 19.0 Å². The molecule has 0 saturated heterocycles. The maximum absolute atomic E-state index is 12.9. The first-order valence-electron chi connectivity index (χ1n) is 3.73. The first-order chi connectivity index (χ1) is 6.49. The van der Waals surface area contributed by atoms with Gasteiger partial charge in [0.05, 0.1) is 11.1 Å². The molecule has 1 unspecified atom stereocenters. The van der Waals surface area contributed by atoms with E-state index in [1.165, 1.54) is 0 Å². The Labute approximate surface area is 83.7 Å². The number of hydrogen-bond donors (Lipinski definition) is 3. The number of aromatic hydroxyl groups is 1. The lowest BCUT2D eigenvalue weighted by molar-refractivity contribution is 0.181. The van der Waals surface area contributed by atoms with E-state index in [-0.39, 0.29) is 12.1 Å². The number of aliphatic hydroxyl groups excluding tert-OH is 1. The molecule has 78 valence electrons. The van der Waals surface area contributed by atoms with Crippen molar-refractivity contribution in [2.24, 2.45) is 5.73 Å². The molecule has 1 atom stereocenters. The Bertz CT molecular complexity index is 360. The summed E-state index contributed by atoms with van der Waals surface area (Å²) in [5.41, 5.74) is 4.87. The van der Waals surface area contributed by atoms with Crippen molar-refractivity contribution in [3.8, 4) is 5.75 Å². The van der Waals surface area contributed by atoms with Crippen molar-refractivity contribution in [1.29, 1.82) is 0 Å². The monoisotopic (exact) mass is 223 g/mol. The minimum atomic E-state index is -1.49. The molecular weight excluding hydrogens is 216 g/mol. The fraction of sp³-hybridized carbons (Fsp3) is 0.250. The van der Waals surface area contributed by atoms with E-state index in [9.17, 15) is 13.9 Å². The summed E-state index contributed by atoms with van der Waals surface area (Å²) in [7, 11) is 0. The second kappa shape index (κ2) is 4.08. The molecule has 0 fully saturated rings. The van der Waals surface area contributed by atoms with Crippen LogP contribution in [0.15, 0.2) is 6.07 Å². The SMILES string of the molecule is NCC(O)c1cc(Cl)c(F)c(F)c1O. The number of nitrogens with two attached hydrogens (primary N) is 1. The minimum Gasteiger partial charge on any atom is -0.504 e. The van der Waals surface area contributed by atoms with Gasteiger partial charge in [-0.3, -0.25) is 0 Å². The molecule has 1 aromatic rings. The quantitative estimate of drug-likeness (QED) is 0.663. The van der Waals surface area contributed by atoms with Gasteiger partial charge in [-0.1, -0.05) is 11.6 Å². The molecule has 0 aliphatic heterocycles. The maximum Gasteiger partial charge on any atom is 0.202 e. The zero-order valence-corrected chi connectivity index (χ0v) is 7.72. The summed E-state index contributed by atoms with van der Waals surface area (Å²) >= 11 is 5.31. The molecule has 0 heterocycles. The van der Waals surface area contributed by atoms with Gasteiger partial charge in [0.25, 0.3) is 0 Å². The zero-order valence-electron chi connectivity index (χ0n) is 6.97. The van der Waals surface area contributed by atoms with Crippen molar-refractivity contribution in [2.75, 3.05) is 6.54 Å². The summed E-state index contributed by atoms with van der Waals surface area (Å²) < 4.78 is 25.6. The predicted octanol–water partition coefficient (Wildman–Crippen LogP) is 1.32. The Kier molecular flexibility index (Phi) is 3.25. The van der Waals surface area contributed by atoms with Crippen LogP contribution in [0.3, 0.4) is 0 Å². The maximum atomic E-state index is 12.9. The van der Waals surface area contributed by atoms with Crippen LogP contribution in [0.4, 0.5) is 8.78 Å². The van der Waals surface area contributed by atoms with Crippen LogP contribution in [-0.2, 0) is 0 Å². The molecule has 0 saturated carbocycles. The molecule has 0 amide bonds. The molecule has 0 aliphatic carbocycles. The minimum absolute atomic E-state index is 0.226. The average Bonchev–Trinajstić information content (AvgIpc) is 2.19. The predicted molar refractivity (Wildman–Crippen MR) is 47.0 cm³/mol. The van der Waals surface area contributed by atoms with Crippen LogP contribution in [0.5, 0.6) is 5.75 Å². The highest BCUT2D eigenvalue weighted by Gasteiger charge is 2.20. The molecule has 0 aromatic heterocycles. The second-order valence-corrected chi connectivity index (χ2v) is 3.08. The second-order valence-electron chi connectivity index (χ2n) is 2.68. The van der Waals surface area contributed by atoms with E-state index in [1.54, 1.807) is 0 Å². The lowest BCUT2D eigenvalue weighted by Crippen LogP contribution is -2.12. The van der Waals surface area contributed by atoms with Gasteiger partial charge in [-0.2, -0.15) is 4.39 Å². The largest absolute Gasteiger partial charge is 0.504 e. The van der Waals surface area contributed by atoms with E-state index in [1.807, 2.05) is 0 Å². The van der Waals surface area contributed by atoms with Gasteiger partial charge >= 0.3 is 0 Å². The lowest BCUT2D eigenvalue weighted by atomic mass is 10.1. The molecular formula is C8H8ClF2NO2. The van der Waals surface area contributed by atoms with Crippen molar-refractivity contribution in [3.05, 3.63) is 28.3 Å². The highest BCUT2D eigenvalue weighted by molar-refractivity contribution is 6.30. The molecule has 0 spiro atoms. The molecule has 0 bridgehead atoms. The fourth-order valence-electron chi connectivity index (χ4n) is 0.985. The van der Waals surface area contributed by atoms with Crippen LogP contribution < -0.4 is 5.73 Å². The highest BCUT2D eigenvalue weighted by Crippen LogP contribution is 2.32. The van der Waals surface area contributed by atoms with Crippen molar-refractivity contribution in [2.45, 2.75) is 6.10 Å². The van der Waals surface area contributed by atoms with E-state index in [0.29, 0.717) is 0 Å². The van der Waals surface area contributed by atoms with Gasteiger partial charge in [-0.05, 0) is 6.07 Å². The molecule has 6 heteroatoms. The first kappa shape index (κ1) is 11.2. The number of aliphatic hydroxyl groups is 1. The summed E-state index contributed by atoms with van der Waals surface area (Å²) in [6.07, 6.45) is -1.28. The third-order valence-electron chi connectivity index (χ3n) is 1.75. The average molecular weight is 224 g/mol. The molecule has 1 rings (SSSR count). The summed E-state index contributed by atoms with van der Waals surface area (Å²) in [5.74, 6) is -3.80. The normalized spacial score (nSPS) is 12.9. The molecule has 4 N–H and O–H groups in total. The van der Waals surface area contributed by atoms with Crippen LogP contribution in [0.1, 0.15) is 11.7 Å². The number of rotatable bonds is 2. The van der Waals surface area contributed by atoms with Crippen molar-refractivity contribution in [1.82, 2.24) is 0 Å². The Balaban J connectivity index is 3.33. The number of halogens is 3. The van der Waals surface area contributed by atoms with Crippen LogP contribution in [0.2, 0.25) is 5.02 Å². The number of phenols is 1. The Morgan fingerprint density at radius 1 is 1.43 bits per heavy atom. The van der Waals surface area contributed by atoms with Gasteiger partial charge in [-0.25, -0.2) is 4.39 Å². The molecule has 0 radical (unpaired) electrons. The highest BCUT2D eigenvalue weighted by atomic mass is 35.5. The number of phenolic OH excluding ortho intramolecular Hbond substituents is 1. The van der Waals surface area contributed by atoms with Crippen molar-refractivity contribution >= 4 is 11.6 Å². The van der Waals surface area contributed by atoms with E-state index in [2.05, 4.69) is 0 Å². The summed E-state index contributed by atoms with van der Waals surface area (Å²) in [4.78, 5) is 0. The van der Waals surface area contributed by atoms with Gasteiger partial charge in [0.15, 0.2) is 11.6 Å². The number of benzene rings is 1. The fourth-order valence-corrected chi connectivity index (χ4v) is 1.19. The lowest BCUT2D eigenvalue weighted by Gasteiger charge is -2.11. The van der Waals surface area contributed by atoms with E-state index >= 15 is 0 Å². The van der Waals surface area contributed by atoms with E-state index in [0.717, 1.165) is 6.07 Å². The third-order valence-corrected chi connectivity index (χ3v) is 2.02. The van der Waals surface area contributed by atoms with Gasteiger partial charge in [-0.15, -0.1) is 0 Å². The van der Waals surface area contributed by atoms with E-state index in [4.69, 9.17) is 22.4 Å².